The molecular formula is C14H7F6N5O2. The Balaban J connectivity index is 2.13. The molecule has 1 amide bonds. The highest BCUT2D eigenvalue weighted by Gasteiger charge is 2.38. The van der Waals surface area contributed by atoms with Gasteiger partial charge in [0, 0.05) is 5.56 Å². The number of aromatic nitrogens is 4. The van der Waals surface area contributed by atoms with Crippen molar-refractivity contribution in [2.75, 3.05) is 0 Å². The van der Waals surface area contributed by atoms with Gasteiger partial charge in [-0.3, -0.25) is 4.79 Å². The van der Waals surface area contributed by atoms with E-state index in [2.05, 4.69) is 20.0 Å². The van der Waals surface area contributed by atoms with E-state index in [4.69, 9.17) is 5.73 Å². The summed E-state index contributed by atoms with van der Waals surface area (Å²) >= 11 is 0. The van der Waals surface area contributed by atoms with Crippen molar-refractivity contribution in [1.29, 1.82) is 0 Å². The highest BCUT2D eigenvalue weighted by Crippen LogP contribution is 2.30. The van der Waals surface area contributed by atoms with Crippen LogP contribution in [0.4, 0.5) is 26.3 Å². The number of carbonyl (C=O) groups excluding carboxylic acids is 1. The molecule has 2 aromatic heterocycles. The zero-order valence-electron chi connectivity index (χ0n) is 12.8. The number of alkyl halides is 6. The van der Waals surface area contributed by atoms with E-state index in [1.54, 1.807) is 0 Å². The van der Waals surface area contributed by atoms with Crippen LogP contribution in [0.15, 0.2) is 30.3 Å². The maximum atomic E-state index is 13.0. The van der Waals surface area contributed by atoms with E-state index in [1.807, 2.05) is 0 Å². The zero-order chi connectivity index (χ0) is 20.0. The van der Waals surface area contributed by atoms with Crippen LogP contribution < -0.4 is 10.5 Å². The second-order valence-electron chi connectivity index (χ2n) is 5.14. The Morgan fingerprint density at radius 2 is 1.67 bits per heavy atom. The normalized spacial score (nSPS) is 12.4. The second kappa shape index (κ2) is 6.10. The lowest BCUT2D eigenvalue weighted by molar-refractivity contribution is -0.274. The summed E-state index contributed by atoms with van der Waals surface area (Å²) < 4.78 is 79.7. The number of amides is 1. The Labute approximate surface area is 145 Å². The number of fused-ring (bicyclic) bond motifs is 1. The molecule has 0 aliphatic heterocycles. The Morgan fingerprint density at radius 3 is 2.19 bits per heavy atom. The summed E-state index contributed by atoms with van der Waals surface area (Å²) in [6.45, 7) is 0. The average molecular weight is 391 g/mol. The van der Waals surface area contributed by atoms with Crippen LogP contribution in [-0.2, 0) is 6.18 Å². The minimum atomic E-state index is -4.91. The fraction of sp³-hybridized carbons (Fsp3) is 0.143. The smallest absolute Gasteiger partial charge is 0.406 e. The van der Waals surface area contributed by atoms with Crippen LogP contribution in [0.3, 0.4) is 0 Å². The van der Waals surface area contributed by atoms with Gasteiger partial charge in [0.1, 0.15) is 5.75 Å². The Bertz CT molecular complexity index is 1010. The maximum absolute atomic E-state index is 13.0. The van der Waals surface area contributed by atoms with Crippen LogP contribution in [0, 0.1) is 0 Å². The van der Waals surface area contributed by atoms with Crippen LogP contribution >= 0.6 is 0 Å². The van der Waals surface area contributed by atoms with Crippen LogP contribution in [0.2, 0.25) is 0 Å². The number of primary amides is 1. The minimum Gasteiger partial charge on any atom is -0.406 e. The molecule has 0 saturated carbocycles. The SMILES string of the molecule is NC(=O)c1cc(-c2ccc(OC(F)(F)F)cc2)nn2c(C(F)(F)F)nnc12. The van der Waals surface area contributed by atoms with Crippen molar-refractivity contribution in [3.05, 3.63) is 41.7 Å². The van der Waals surface area contributed by atoms with E-state index in [1.165, 1.54) is 0 Å². The number of rotatable bonds is 3. The molecule has 0 bridgehead atoms. The number of hydrogen-bond donors (Lipinski definition) is 1. The van der Waals surface area contributed by atoms with Crippen molar-refractivity contribution in [2.24, 2.45) is 5.73 Å². The first-order chi connectivity index (χ1) is 12.5. The van der Waals surface area contributed by atoms with Gasteiger partial charge in [0.15, 0.2) is 5.65 Å². The molecule has 2 heterocycles. The van der Waals surface area contributed by atoms with Crippen molar-refractivity contribution in [3.63, 3.8) is 0 Å². The van der Waals surface area contributed by atoms with Gasteiger partial charge in [-0.25, -0.2) is 0 Å². The topological polar surface area (TPSA) is 95.4 Å². The molecule has 0 atom stereocenters. The molecule has 2 N–H and O–H groups in total. The van der Waals surface area contributed by atoms with Gasteiger partial charge in [0.25, 0.3) is 11.7 Å². The Hall–Kier alpha value is -3.38. The van der Waals surface area contributed by atoms with Crippen molar-refractivity contribution in [3.8, 4) is 17.0 Å². The quantitative estimate of drug-likeness (QED) is 0.693. The molecule has 27 heavy (non-hydrogen) atoms. The standard InChI is InChI=1S/C14H7F6N5O2/c15-13(16,17)12-23-22-11-8(10(21)26)5-9(24-25(11)12)6-1-3-7(4-2-6)27-14(18,19)20/h1-5H,(H2,21,26). The maximum Gasteiger partial charge on any atom is 0.573 e. The lowest BCUT2D eigenvalue weighted by Gasteiger charge is -2.10. The molecule has 3 rings (SSSR count). The highest BCUT2D eigenvalue weighted by molar-refractivity contribution is 5.99. The van der Waals surface area contributed by atoms with E-state index in [0.717, 1.165) is 30.3 Å². The van der Waals surface area contributed by atoms with Gasteiger partial charge in [0.05, 0.1) is 11.3 Å². The predicted molar refractivity (Wildman–Crippen MR) is 76.4 cm³/mol. The summed E-state index contributed by atoms with van der Waals surface area (Å²) in [5, 5.41) is 9.97. The molecular weight excluding hydrogens is 384 g/mol. The summed E-state index contributed by atoms with van der Waals surface area (Å²) in [6, 6.07) is 5.19. The third kappa shape index (κ3) is 3.75. The molecule has 0 unspecified atom stereocenters. The second-order valence-corrected chi connectivity index (χ2v) is 5.14. The molecule has 7 nitrogen and oxygen atoms in total. The first kappa shape index (κ1) is 18.4. The lowest BCUT2D eigenvalue weighted by atomic mass is 10.1. The van der Waals surface area contributed by atoms with E-state index in [-0.39, 0.29) is 11.3 Å². The number of nitrogens with two attached hydrogens (primary N) is 1. The monoisotopic (exact) mass is 391 g/mol. The van der Waals surface area contributed by atoms with E-state index < -0.39 is 41.2 Å². The van der Waals surface area contributed by atoms with Crippen LogP contribution in [0.5, 0.6) is 5.75 Å². The Kier molecular flexibility index (Phi) is 4.16. The van der Waals surface area contributed by atoms with E-state index in [9.17, 15) is 31.1 Å². The summed E-state index contributed by atoms with van der Waals surface area (Å²) in [4.78, 5) is 11.6. The molecule has 0 saturated heterocycles. The van der Waals surface area contributed by atoms with Crippen molar-refractivity contribution >= 4 is 11.6 Å². The number of benzene rings is 1. The van der Waals surface area contributed by atoms with Gasteiger partial charge in [-0.1, -0.05) is 0 Å². The van der Waals surface area contributed by atoms with Crippen LogP contribution in [0.25, 0.3) is 16.9 Å². The molecule has 0 spiro atoms. The summed E-state index contributed by atoms with van der Waals surface area (Å²) in [6.07, 6.45) is -9.81. The first-order valence-electron chi connectivity index (χ1n) is 6.95. The van der Waals surface area contributed by atoms with Gasteiger partial charge in [-0.2, -0.15) is 22.8 Å². The fourth-order valence-corrected chi connectivity index (χ4v) is 2.21. The van der Waals surface area contributed by atoms with Crippen molar-refractivity contribution in [2.45, 2.75) is 12.5 Å². The van der Waals surface area contributed by atoms with Crippen molar-refractivity contribution < 1.29 is 35.9 Å². The molecule has 13 heteroatoms. The highest BCUT2D eigenvalue weighted by atomic mass is 19.4. The van der Waals surface area contributed by atoms with Gasteiger partial charge in [0.2, 0.25) is 0 Å². The van der Waals surface area contributed by atoms with Crippen LogP contribution in [-0.4, -0.2) is 32.1 Å². The number of halogens is 6. The summed E-state index contributed by atoms with van der Waals surface area (Å²) in [5.74, 6) is -3.11. The van der Waals surface area contributed by atoms with Gasteiger partial charge in [-0.15, -0.1) is 23.4 Å². The molecule has 0 fully saturated rings. The molecule has 142 valence electrons. The number of hydrogen-bond acceptors (Lipinski definition) is 5. The largest absolute Gasteiger partial charge is 0.573 e. The average Bonchev–Trinajstić information content (AvgIpc) is 2.97. The predicted octanol–water partition coefficient (Wildman–Crippen LogP) is 2.81. The lowest BCUT2D eigenvalue weighted by Crippen LogP contribution is -2.17. The zero-order valence-corrected chi connectivity index (χ0v) is 12.8. The van der Waals surface area contributed by atoms with Crippen molar-refractivity contribution in [1.82, 2.24) is 19.8 Å². The molecule has 0 aliphatic carbocycles. The van der Waals surface area contributed by atoms with Gasteiger partial charge >= 0.3 is 12.5 Å². The fourth-order valence-electron chi connectivity index (χ4n) is 2.21. The molecule has 0 aliphatic rings. The summed E-state index contributed by atoms with van der Waals surface area (Å²) in [7, 11) is 0. The number of carbonyl (C=O) groups is 1. The van der Waals surface area contributed by atoms with Gasteiger partial charge in [-0.05, 0) is 30.3 Å². The van der Waals surface area contributed by atoms with Crippen LogP contribution in [0.1, 0.15) is 16.2 Å². The van der Waals surface area contributed by atoms with Gasteiger partial charge < -0.3 is 10.5 Å². The summed E-state index contributed by atoms with van der Waals surface area (Å²) in [5.41, 5.74) is 4.21. The minimum absolute atomic E-state index is 0.107. The first-order valence-corrected chi connectivity index (χ1v) is 6.95. The number of ether oxygens (including phenoxy) is 1. The van der Waals surface area contributed by atoms with E-state index in [0.29, 0.717) is 4.52 Å². The third-order valence-corrected chi connectivity index (χ3v) is 3.27. The number of nitrogens with zero attached hydrogens (tertiary/aromatic N) is 4. The molecule has 0 radical (unpaired) electrons. The molecule has 1 aromatic carbocycles. The third-order valence-electron chi connectivity index (χ3n) is 3.27. The Morgan fingerprint density at radius 1 is 1.04 bits per heavy atom. The molecule has 3 aromatic rings. The van der Waals surface area contributed by atoms with E-state index >= 15 is 0 Å².